The molecule has 20 heavy (non-hydrogen) atoms. The molecule has 2 rings (SSSR count). The topological polar surface area (TPSA) is 68.0 Å². The number of hydrogen-bond donors (Lipinski definition) is 2. The maximum atomic E-state index is 12.2. The minimum absolute atomic E-state index is 0.100. The van der Waals surface area contributed by atoms with Crippen molar-refractivity contribution < 1.29 is 4.79 Å². The van der Waals surface area contributed by atoms with Gasteiger partial charge in [0.1, 0.15) is 0 Å². The summed E-state index contributed by atoms with van der Waals surface area (Å²) in [6, 6.07) is 5.81. The highest BCUT2D eigenvalue weighted by atomic mass is 32.1. The third-order valence-electron chi connectivity index (χ3n) is 3.20. The summed E-state index contributed by atoms with van der Waals surface area (Å²) in [7, 11) is 0. The van der Waals surface area contributed by atoms with Gasteiger partial charge in [-0.3, -0.25) is 9.78 Å². The number of thiophene rings is 1. The summed E-state index contributed by atoms with van der Waals surface area (Å²) in [5, 5.41) is 4.98. The van der Waals surface area contributed by atoms with E-state index in [2.05, 4.69) is 30.2 Å². The van der Waals surface area contributed by atoms with E-state index in [-0.39, 0.29) is 11.3 Å². The number of nitrogen functional groups attached to an aromatic ring is 1. The fraction of sp³-hybridized carbons (Fsp3) is 0.333. The number of pyridine rings is 1. The number of nitrogens with zero attached hydrogens (tertiary/aromatic N) is 1. The quantitative estimate of drug-likeness (QED) is 0.909. The van der Waals surface area contributed by atoms with Gasteiger partial charge in [0.15, 0.2) is 0 Å². The van der Waals surface area contributed by atoms with Gasteiger partial charge in [-0.1, -0.05) is 19.9 Å². The monoisotopic (exact) mass is 289 g/mol. The normalized spacial score (nSPS) is 11.3. The molecule has 2 aromatic rings. The van der Waals surface area contributed by atoms with E-state index in [4.69, 9.17) is 5.73 Å². The maximum absolute atomic E-state index is 12.2. The van der Waals surface area contributed by atoms with Crippen LogP contribution < -0.4 is 11.1 Å². The van der Waals surface area contributed by atoms with Crippen molar-refractivity contribution in [2.75, 3.05) is 12.3 Å². The molecule has 0 saturated carbocycles. The summed E-state index contributed by atoms with van der Waals surface area (Å²) in [4.78, 5) is 17.5. The fourth-order valence-electron chi connectivity index (χ4n) is 1.92. The van der Waals surface area contributed by atoms with E-state index >= 15 is 0 Å². The SMILES string of the molecule is Cc1cc(N)c(C(=O)NCC(C)(C)c2cccs2)cn1. The first-order chi connectivity index (χ1) is 9.40. The van der Waals surface area contributed by atoms with E-state index in [0.29, 0.717) is 17.8 Å². The van der Waals surface area contributed by atoms with Crippen LogP contribution in [0.15, 0.2) is 29.8 Å². The highest BCUT2D eigenvalue weighted by Crippen LogP contribution is 2.26. The smallest absolute Gasteiger partial charge is 0.254 e. The van der Waals surface area contributed by atoms with E-state index in [1.54, 1.807) is 17.4 Å². The second kappa shape index (κ2) is 5.63. The number of aryl methyl sites for hydroxylation is 1. The summed E-state index contributed by atoms with van der Waals surface area (Å²) >= 11 is 1.69. The number of carbonyl (C=O) groups is 1. The molecule has 3 N–H and O–H groups in total. The lowest BCUT2D eigenvalue weighted by Gasteiger charge is -2.23. The number of nitrogens with two attached hydrogens (primary N) is 1. The van der Waals surface area contributed by atoms with E-state index in [0.717, 1.165) is 5.69 Å². The van der Waals surface area contributed by atoms with Crippen LogP contribution in [0.2, 0.25) is 0 Å². The van der Waals surface area contributed by atoms with Gasteiger partial charge in [-0.15, -0.1) is 11.3 Å². The van der Waals surface area contributed by atoms with Crippen molar-refractivity contribution in [3.05, 3.63) is 45.9 Å². The first-order valence-corrected chi connectivity index (χ1v) is 7.32. The van der Waals surface area contributed by atoms with Crippen molar-refractivity contribution >= 4 is 22.9 Å². The average Bonchev–Trinajstić information content (AvgIpc) is 2.90. The molecule has 0 aliphatic heterocycles. The van der Waals surface area contributed by atoms with Gasteiger partial charge in [-0.2, -0.15) is 0 Å². The molecule has 0 radical (unpaired) electrons. The van der Waals surface area contributed by atoms with Gasteiger partial charge in [0.05, 0.1) is 5.56 Å². The Kier molecular flexibility index (Phi) is 4.09. The summed E-state index contributed by atoms with van der Waals surface area (Å²) < 4.78 is 0. The number of rotatable bonds is 4. The molecular weight excluding hydrogens is 270 g/mol. The molecule has 106 valence electrons. The number of amides is 1. The van der Waals surface area contributed by atoms with Crippen LogP contribution in [0.3, 0.4) is 0 Å². The van der Waals surface area contributed by atoms with Gasteiger partial charge in [0.25, 0.3) is 5.91 Å². The second-order valence-corrected chi connectivity index (χ2v) is 6.40. The first kappa shape index (κ1) is 14.5. The molecule has 2 heterocycles. The molecule has 0 saturated heterocycles. The number of aromatic nitrogens is 1. The summed E-state index contributed by atoms with van der Waals surface area (Å²) in [6.07, 6.45) is 1.53. The zero-order chi connectivity index (χ0) is 14.8. The van der Waals surface area contributed by atoms with Crippen molar-refractivity contribution in [2.45, 2.75) is 26.2 Å². The fourth-order valence-corrected chi connectivity index (χ4v) is 2.77. The lowest BCUT2D eigenvalue weighted by Crippen LogP contribution is -2.36. The zero-order valence-corrected chi connectivity index (χ0v) is 12.8. The molecule has 1 amide bonds. The molecule has 0 unspecified atom stereocenters. The van der Waals surface area contributed by atoms with Gasteiger partial charge in [0, 0.05) is 34.4 Å². The van der Waals surface area contributed by atoms with Crippen molar-refractivity contribution in [2.24, 2.45) is 0 Å². The molecule has 0 aliphatic rings. The van der Waals surface area contributed by atoms with Gasteiger partial charge >= 0.3 is 0 Å². The van der Waals surface area contributed by atoms with Crippen LogP contribution in [-0.2, 0) is 5.41 Å². The first-order valence-electron chi connectivity index (χ1n) is 6.44. The molecule has 2 aromatic heterocycles. The second-order valence-electron chi connectivity index (χ2n) is 5.46. The van der Waals surface area contributed by atoms with Gasteiger partial charge in [0.2, 0.25) is 0 Å². The zero-order valence-electron chi connectivity index (χ0n) is 11.9. The minimum Gasteiger partial charge on any atom is -0.398 e. The Bertz CT molecular complexity index is 606. The molecular formula is C15H19N3OS. The molecule has 0 aliphatic carbocycles. The van der Waals surface area contributed by atoms with Crippen molar-refractivity contribution in [1.29, 1.82) is 0 Å². The molecule has 0 atom stereocenters. The maximum Gasteiger partial charge on any atom is 0.254 e. The number of hydrogen-bond acceptors (Lipinski definition) is 4. The van der Waals surface area contributed by atoms with Crippen LogP contribution in [-0.4, -0.2) is 17.4 Å². The van der Waals surface area contributed by atoms with Crippen LogP contribution >= 0.6 is 11.3 Å². The predicted molar refractivity (Wildman–Crippen MR) is 83.1 cm³/mol. The van der Waals surface area contributed by atoms with Gasteiger partial charge < -0.3 is 11.1 Å². The van der Waals surface area contributed by atoms with Gasteiger partial charge in [-0.25, -0.2) is 0 Å². The third-order valence-corrected chi connectivity index (χ3v) is 4.43. The highest BCUT2D eigenvalue weighted by Gasteiger charge is 2.23. The Labute approximate surface area is 123 Å². The molecule has 0 bridgehead atoms. The number of anilines is 1. The average molecular weight is 289 g/mol. The van der Waals surface area contributed by atoms with Crippen LogP contribution in [0.5, 0.6) is 0 Å². The lowest BCUT2D eigenvalue weighted by molar-refractivity contribution is 0.0946. The lowest BCUT2D eigenvalue weighted by atomic mass is 9.91. The predicted octanol–water partition coefficient (Wildman–Crippen LogP) is 2.74. The van der Waals surface area contributed by atoms with Crippen molar-refractivity contribution in [3.63, 3.8) is 0 Å². The van der Waals surface area contributed by atoms with Crippen LogP contribution in [0.4, 0.5) is 5.69 Å². The molecule has 5 heteroatoms. The Hall–Kier alpha value is -1.88. The van der Waals surface area contributed by atoms with Crippen LogP contribution in [0, 0.1) is 6.92 Å². The van der Waals surface area contributed by atoms with Crippen molar-refractivity contribution in [1.82, 2.24) is 10.3 Å². The third kappa shape index (κ3) is 3.17. The summed E-state index contributed by atoms with van der Waals surface area (Å²) in [6.45, 7) is 6.61. The largest absolute Gasteiger partial charge is 0.398 e. The molecule has 0 aromatic carbocycles. The van der Waals surface area contributed by atoms with Crippen molar-refractivity contribution in [3.8, 4) is 0 Å². The van der Waals surface area contributed by atoms with E-state index in [9.17, 15) is 4.79 Å². The number of carbonyl (C=O) groups excluding carboxylic acids is 1. The minimum atomic E-state index is -0.181. The number of nitrogens with one attached hydrogen (secondary N) is 1. The summed E-state index contributed by atoms with van der Waals surface area (Å²) in [5.74, 6) is -0.181. The molecule has 4 nitrogen and oxygen atoms in total. The van der Waals surface area contributed by atoms with E-state index < -0.39 is 0 Å². The molecule has 0 spiro atoms. The Morgan fingerprint density at radius 1 is 1.50 bits per heavy atom. The molecule has 0 fully saturated rings. The highest BCUT2D eigenvalue weighted by molar-refractivity contribution is 7.10. The van der Waals surface area contributed by atoms with E-state index in [1.165, 1.54) is 11.1 Å². The Morgan fingerprint density at radius 3 is 2.85 bits per heavy atom. The summed E-state index contributed by atoms with van der Waals surface area (Å²) in [5.41, 5.74) is 7.45. The van der Waals surface area contributed by atoms with Gasteiger partial charge in [-0.05, 0) is 24.4 Å². The van der Waals surface area contributed by atoms with E-state index in [1.807, 2.05) is 18.4 Å². The standard InChI is InChI=1S/C15H19N3OS/c1-10-7-12(16)11(8-17-10)14(19)18-9-15(2,3)13-5-4-6-20-13/h4-8H,9H2,1-3H3,(H2,16,17)(H,18,19). The van der Waals surface area contributed by atoms with Crippen LogP contribution in [0.25, 0.3) is 0 Å². The Balaban J connectivity index is 2.05. The Morgan fingerprint density at radius 2 is 2.25 bits per heavy atom. The van der Waals surface area contributed by atoms with Crippen LogP contribution in [0.1, 0.15) is 34.8 Å².